The molecule has 0 radical (unpaired) electrons. The summed E-state index contributed by atoms with van der Waals surface area (Å²) in [7, 11) is 0. The first-order valence-electron chi connectivity index (χ1n) is 5.89. The smallest absolute Gasteiger partial charge is 0.223 e. The first-order valence-corrected chi connectivity index (χ1v) is 5.89. The minimum atomic E-state index is -0.568. The zero-order valence-corrected chi connectivity index (χ0v) is 9.51. The van der Waals surface area contributed by atoms with Gasteiger partial charge in [0.25, 0.3) is 0 Å². The Kier molecular flexibility index (Phi) is 3.71. The van der Waals surface area contributed by atoms with E-state index in [1.54, 1.807) is 0 Å². The van der Waals surface area contributed by atoms with Gasteiger partial charge >= 0.3 is 0 Å². The number of carbonyl (C=O) groups excluding carboxylic acids is 1. The Morgan fingerprint density at radius 1 is 1.24 bits per heavy atom. The van der Waals surface area contributed by atoms with Crippen molar-refractivity contribution in [3.8, 4) is 0 Å². The molecule has 0 saturated carbocycles. The van der Waals surface area contributed by atoms with Crippen LogP contribution in [0.1, 0.15) is 24.8 Å². The molecule has 1 amide bonds. The van der Waals surface area contributed by atoms with Crippen LogP contribution in [0.4, 0.5) is 8.78 Å². The van der Waals surface area contributed by atoms with Crippen LogP contribution < -0.4 is 5.32 Å². The number of carbonyl (C=O) groups is 1. The molecular formula is C13H15F2NO. The van der Waals surface area contributed by atoms with Crippen LogP contribution in [0.3, 0.4) is 0 Å². The van der Waals surface area contributed by atoms with Crippen LogP contribution in [-0.2, 0) is 11.2 Å². The molecule has 4 heteroatoms. The van der Waals surface area contributed by atoms with Gasteiger partial charge in [-0.3, -0.25) is 4.79 Å². The Morgan fingerprint density at radius 3 is 2.65 bits per heavy atom. The zero-order chi connectivity index (χ0) is 12.3. The number of hydrogen-bond donors (Lipinski definition) is 1. The highest BCUT2D eigenvalue weighted by atomic mass is 19.1. The quantitative estimate of drug-likeness (QED) is 0.843. The SMILES string of the molecule is O=C1NCCCCC1Cc1c(F)cccc1F. The van der Waals surface area contributed by atoms with Gasteiger partial charge in [-0.05, 0) is 31.4 Å². The van der Waals surface area contributed by atoms with Crippen LogP contribution in [0.25, 0.3) is 0 Å². The normalized spacial score (nSPS) is 20.8. The monoisotopic (exact) mass is 239 g/mol. The predicted octanol–water partition coefficient (Wildman–Crippen LogP) is 2.42. The molecule has 0 spiro atoms. The summed E-state index contributed by atoms with van der Waals surface area (Å²) in [5.41, 5.74) is 0.0227. The van der Waals surface area contributed by atoms with E-state index in [4.69, 9.17) is 0 Å². The van der Waals surface area contributed by atoms with Gasteiger partial charge in [-0.25, -0.2) is 8.78 Å². The van der Waals surface area contributed by atoms with Crippen molar-refractivity contribution in [2.45, 2.75) is 25.7 Å². The Bertz CT molecular complexity index is 400. The van der Waals surface area contributed by atoms with Gasteiger partial charge in [-0.15, -0.1) is 0 Å². The summed E-state index contributed by atoms with van der Waals surface area (Å²) in [5, 5.41) is 2.77. The Morgan fingerprint density at radius 2 is 1.94 bits per heavy atom. The molecular weight excluding hydrogens is 224 g/mol. The van der Waals surface area contributed by atoms with E-state index in [1.807, 2.05) is 0 Å². The molecule has 0 aromatic heterocycles. The third-order valence-corrected chi connectivity index (χ3v) is 3.16. The molecule has 0 aliphatic carbocycles. The summed E-state index contributed by atoms with van der Waals surface area (Å²) < 4.78 is 26.9. The fourth-order valence-electron chi connectivity index (χ4n) is 2.17. The van der Waals surface area contributed by atoms with Crippen molar-refractivity contribution >= 4 is 5.91 Å². The largest absolute Gasteiger partial charge is 0.356 e. The van der Waals surface area contributed by atoms with Gasteiger partial charge in [0, 0.05) is 18.0 Å². The van der Waals surface area contributed by atoms with Crippen molar-refractivity contribution in [1.82, 2.24) is 5.32 Å². The van der Waals surface area contributed by atoms with E-state index in [-0.39, 0.29) is 23.8 Å². The van der Waals surface area contributed by atoms with E-state index in [0.29, 0.717) is 13.0 Å². The van der Waals surface area contributed by atoms with Gasteiger partial charge in [-0.1, -0.05) is 12.5 Å². The summed E-state index contributed by atoms with van der Waals surface area (Å²) in [6, 6.07) is 3.79. The highest BCUT2D eigenvalue weighted by Crippen LogP contribution is 2.21. The van der Waals surface area contributed by atoms with Crippen LogP contribution >= 0.6 is 0 Å². The summed E-state index contributed by atoms with van der Waals surface area (Å²) in [4.78, 5) is 11.7. The average molecular weight is 239 g/mol. The topological polar surface area (TPSA) is 29.1 Å². The molecule has 0 bridgehead atoms. The molecule has 1 saturated heterocycles. The maximum Gasteiger partial charge on any atom is 0.223 e. The summed E-state index contributed by atoms with van der Waals surface area (Å²) >= 11 is 0. The summed E-state index contributed by atoms with van der Waals surface area (Å²) in [6.07, 6.45) is 2.69. The van der Waals surface area contributed by atoms with E-state index in [9.17, 15) is 13.6 Å². The first-order chi connectivity index (χ1) is 8.18. The van der Waals surface area contributed by atoms with Crippen molar-refractivity contribution in [3.63, 3.8) is 0 Å². The maximum absolute atomic E-state index is 13.5. The van der Waals surface area contributed by atoms with Crippen molar-refractivity contribution in [2.75, 3.05) is 6.54 Å². The lowest BCUT2D eigenvalue weighted by Crippen LogP contribution is -2.30. The number of hydrogen-bond acceptors (Lipinski definition) is 1. The second-order valence-electron chi connectivity index (χ2n) is 4.39. The standard InChI is InChI=1S/C13H15F2NO/c14-11-5-3-6-12(15)10(11)8-9-4-1-2-7-16-13(9)17/h3,5-6,9H,1-2,4,7-8H2,(H,16,17). The highest BCUT2D eigenvalue weighted by Gasteiger charge is 2.23. The van der Waals surface area contributed by atoms with Crippen molar-refractivity contribution in [3.05, 3.63) is 35.4 Å². The zero-order valence-electron chi connectivity index (χ0n) is 9.51. The predicted molar refractivity (Wildman–Crippen MR) is 60.4 cm³/mol. The molecule has 1 aliphatic rings. The fourth-order valence-corrected chi connectivity index (χ4v) is 2.17. The van der Waals surface area contributed by atoms with Gasteiger partial charge < -0.3 is 5.32 Å². The van der Waals surface area contributed by atoms with Gasteiger partial charge in [0.15, 0.2) is 0 Å². The summed E-state index contributed by atoms with van der Waals surface area (Å²) in [5.74, 6) is -1.54. The van der Waals surface area contributed by atoms with Gasteiger partial charge in [0.2, 0.25) is 5.91 Å². The number of amides is 1. The average Bonchev–Trinajstić information content (AvgIpc) is 2.49. The van der Waals surface area contributed by atoms with Gasteiger partial charge in [0.1, 0.15) is 11.6 Å². The number of benzene rings is 1. The molecule has 1 fully saturated rings. The van der Waals surface area contributed by atoms with Gasteiger partial charge in [0.05, 0.1) is 0 Å². The van der Waals surface area contributed by atoms with E-state index in [2.05, 4.69) is 5.32 Å². The molecule has 1 heterocycles. The second kappa shape index (κ2) is 5.25. The molecule has 1 aromatic rings. The van der Waals surface area contributed by atoms with Crippen LogP contribution in [-0.4, -0.2) is 12.5 Å². The van der Waals surface area contributed by atoms with E-state index < -0.39 is 11.6 Å². The van der Waals surface area contributed by atoms with E-state index in [1.165, 1.54) is 18.2 Å². The summed E-state index contributed by atoms with van der Waals surface area (Å²) in [6.45, 7) is 0.662. The molecule has 17 heavy (non-hydrogen) atoms. The number of rotatable bonds is 2. The molecule has 92 valence electrons. The lowest BCUT2D eigenvalue weighted by Gasteiger charge is -2.13. The molecule has 2 nitrogen and oxygen atoms in total. The maximum atomic E-state index is 13.5. The molecule has 1 atom stereocenters. The van der Waals surface area contributed by atoms with Crippen LogP contribution in [0.15, 0.2) is 18.2 Å². The molecule has 1 unspecified atom stereocenters. The van der Waals surface area contributed by atoms with Gasteiger partial charge in [-0.2, -0.15) is 0 Å². The second-order valence-corrected chi connectivity index (χ2v) is 4.39. The Labute approximate surface area is 99.0 Å². The lowest BCUT2D eigenvalue weighted by molar-refractivity contribution is -0.124. The molecule has 1 aromatic carbocycles. The van der Waals surface area contributed by atoms with Crippen LogP contribution in [0.2, 0.25) is 0 Å². The Hall–Kier alpha value is -1.45. The Balaban J connectivity index is 2.16. The first kappa shape index (κ1) is 12.0. The van der Waals surface area contributed by atoms with Crippen molar-refractivity contribution in [1.29, 1.82) is 0 Å². The lowest BCUT2D eigenvalue weighted by atomic mass is 9.94. The van der Waals surface area contributed by atoms with Crippen LogP contribution in [0, 0.1) is 17.6 Å². The van der Waals surface area contributed by atoms with Crippen molar-refractivity contribution < 1.29 is 13.6 Å². The van der Waals surface area contributed by atoms with Crippen molar-refractivity contribution in [2.24, 2.45) is 5.92 Å². The third-order valence-electron chi connectivity index (χ3n) is 3.16. The minimum absolute atomic E-state index is 0.0227. The molecule has 1 aliphatic heterocycles. The van der Waals surface area contributed by atoms with E-state index >= 15 is 0 Å². The molecule has 2 rings (SSSR count). The third kappa shape index (κ3) is 2.81. The van der Waals surface area contributed by atoms with E-state index in [0.717, 1.165) is 12.8 Å². The van der Waals surface area contributed by atoms with Crippen LogP contribution in [0.5, 0.6) is 0 Å². The minimum Gasteiger partial charge on any atom is -0.356 e. The molecule has 1 N–H and O–H groups in total. The fraction of sp³-hybridized carbons (Fsp3) is 0.462. The number of nitrogens with one attached hydrogen (secondary N) is 1. The highest BCUT2D eigenvalue weighted by molar-refractivity contribution is 5.79. The number of halogens is 2.